The van der Waals surface area contributed by atoms with Crippen molar-refractivity contribution < 1.29 is 5.11 Å². The molecule has 0 bridgehead atoms. The van der Waals surface area contributed by atoms with Gasteiger partial charge in [0, 0.05) is 11.9 Å². The van der Waals surface area contributed by atoms with Crippen molar-refractivity contribution in [2.24, 2.45) is 16.0 Å². The minimum atomic E-state index is -0.0503. The SMILES string of the molecule is CCN(Cc1ccccc1)Cn1c(O)c(N=NC(N)=S)c2cc3c(cc21)CCC3. The van der Waals surface area contributed by atoms with Crippen molar-refractivity contribution in [3.05, 3.63) is 59.2 Å². The average molecular weight is 408 g/mol. The summed E-state index contributed by atoms with van der Waals surface area (Å²) < 4.78 is 1.91. The Labute approximate surface area is 175 Å². The van der Waals surface area contributed by atoms with Crippen LogP contribution in [-0.4, -0.2) is 26.2 Å². The molecule has 7 heteroatoms. The van der Waals surface area contributed by atoms with E-state index in [1.807, 2.05) is 22.8 Å². The molecule has 0 aliphatic heterocycles. The highest BCUT2D eigenvalue weighted by molar-refractivity contribution is 7.80. The van der Waals surface area contributed by atoms with Crippen LogP contribution in [0.5, 0.6) is 5.88 Å². The zero-order chi connectivity index (χ0) is 20.4. The number of azo groups is 1. The third-order valence-electron chi connectivity index (χ3n) is 5.51. The van der Waals surface area contributed by atoms with Crippen LogP contribution in [0.2, 0.25) is 0 Å². The number of hydrogen-bond donors (Lipinski definition) is 2. The number of aryl methyl sites for hydroxylation is 2. The first-order valence-corrected chi connectivity index (χ1v) is 10.3. The zero-order valence-electron chi connectivity index (χ0n) is 16.5. The van der Waals surface area contributed by atoms with Gasteiger partial charge in [0.15, 0.2) is 5.69 Å². The summed E-state index contributed by atoms with van der Waals surface area (Å²) in [7, 11) is 0. The van der Waals surface area contributed by atoms with Gasteiger partial charge in [-0.1, -0.05) is 37.3 Å². The quantitative estimate of drug-likeness (QED) is 0.461. The second-order valence-electron chi connectivity index (χ2n) is 7.40. The summed E-state index contributed by atoms with van der Waals surface area (Å²) in [5, 5.41) is 19.8. The van der Waals surface area contributed by atoms with Crippen LogP contribution in [0.15, 0.2) is 52.7 Å². The predicted octanol–water partition coefficient (Wildman–Crippen LogP) is 4.64. The van der Waals surface area contributed by atoms with Gasteiger partial charge in [0.1, 0.15) is 0 Å². The van der Waals surface area contributed by atoms with Crippen molar-refractivity contribution in [1.82, 2.24) is 9.47 Å². The maximum atomic E-state index is 11.0. The molecule has 0 saturated carbocycles. The highest BCUT2D eigenvalue weighted by atomic mass is 32.1. The summed E-state index contributed by atoms with van der Waals surface area (Å²) in [6.45, 7) is 4.32. The number of rotatable bonds is 6. The van der Waals surface area contributed by atoms with Gasteiger partial charge in [-0.2, -0.15) is 0 Å². The number of benzene rings is 2. The highest BCUT2D eigenvalue weighted by Crippen LogP contribution is 2.41. The van der Waals surface area contributed by atoms with E-state index < -0.39 is 0 Å². The van der Waals surface area contributed by atoms with Gasteiger partial charge >= 0.3 is 0 Å². The topological polar surface area (TPSA) is 79.1 Å². The molecule has 1 heterocycles. The fourth-order valence-corrected chi connectivity index (χ4v) is 4.07. The molecule has 150 valence electrons. The Hall–Kier alpha value is -2.77. The summed E-state index contributed by atoms with van der Waals surface area (Å²) >= 11 is 4.83. The first-order valence-electron chi connectivity index (χ1n) is 9.91. The molecule has 2 aromatic carbocycles. The molecule has 1 aliphatic rings. The molecular weight excluding hydrogens is 382 g/mol. The lowest BCUT2D eigenvalue weighted by atomic mass is 10.1. The van der Waals surface area contributed by atoms with Crippen LogP contribution in [0, 0.1) is 0 Å². The lowest BCUT2D eigenvalue weighted by Crippen LogP contribution is -2.25. The molecule has 0 atom stereocenters. The number of fused-ring (bicyclic) bond motifs is 2. The molecule has 29 heavy (non-hydrogen) atoms. The Kier molecular flexibility index (Phi) is 5.60. The van der Waals surface area contributed by atoms with Gasteiger partial charge in [-0.05, 0) is 66.8 Å². The van der Waals surface area contributed by atoms with Gasteiger partial charge < -0.3 is 10.8 Å². The lowest BCUT2D eigenvalue weighted by molar-refractivity contribution is 0.214. The second kappa shape index (κ2) is 8.31. The van der Waals surface area contributed by atoms with Crippen molar-refractivity contribution in [3.63, 3.8) is 0 Å². The number of aromatic nitrogens is 1. The van der Waals surface area contributed by atoms with Crippen LogP contribution in [0.4, 0.5) is 5.69 Å². The molecule has 0 saturated heterocycles. The summed E-state index contributed by atoms with van der Waals surface area (Å²) in [5.74, 6) is 0.0928. The molecule has 0 unspecified atom stereocenters. The lowest BCUT2D eigenvalue weighted by Gasteiger charge is -2.22. The average Bonchev–Trinajstić information content (AvgIpc) is 3.27. The van der Waals surface area contributed by atoms with Crippen LogP contribution in [0.1, 0.15) is 30.0 Å². The number of hydrogen-bond acceptors (Lipinski definition) is 4. The van der Waals surface area contributed by atoms with Gasteiger partial charge in [0.25, 0.3) is 0 Å². The Balaban J connectivity index is 1.76. The number of aromatic hydroxyl groups is 1. The third-order valence-corrected chi connectivity index (χ3v) is 5.59. The van der Waals surface area contributed by atoms with Gasteiger partial charge in [-0.15, -0.1) is 10.2 Å². The van der Waals surface area contributed by atoms with Crippen molar-refractivity contribution in [1.29, 1.82) is 0 Å². The molecular formula is C22H25N5OS. The standard InChI is InChI=1S/C22H25N5OS/c1-2-26(13-15-7-4-3-5-8-15)14-27-19-12-17-10-6-9-16(17)11-18(19)20(21(27)28)24-25-22(23)29/h3-5,7-8,11-12,28H,2,6,9-10,13-14H2,1H3,(H2,23,29). The van der Waals surface area contributed by atoms with E-state index in [0.717, 1.165) is 43.3 Å². The number of nitrogens with two attached hydrogens (primary N) is 1. The molecule has 4 rings (SSSR count). The first kappa shape index (κ1) is 19.5. The molecule has 0 spiro atoms. The van der Waals surface area contributed by atoms with Crippen molar-refractivity contribution >= 4 is 33.9 Å². The van der Waals surface area contributed by atoms with E-state index in [1.165, 1.54) is 16.7 Å². The molecule has 1 aromatic heterocycles. The Bertz CT molecular complexity index is 1070. The summed E-state index contributed by atoms with van der Waals surface area (Å²) in [4.78, 5) is 2.27. The first-order chi connectivity index (χ1) is 14.1. The van der Waals surface area contributed by atoms with Crippen molar-refractivity contribution in [3.8, 4) is 5.88 Å². The monoisotopic (exact) mass is 407 g/mol. The molecule has 0 amide bonds. The van der Waals surface area contributed by atoms with Crippen LogP contribution in [-0.2, 0) is 26.1 Å². The third kappa shape index (κ3) is 4.02. The minimum Gasteiger partial charge on any atom is -0.493 e. The fourth-order valence-electron chi connectivity index (χ4n) is 4.03. The van der Waals surface area contributed by atoms with E-state index in [0.29, 0.717) is 12.4 Å². The van der Waals surface area contributed by atoms with E-state index in [4.69, 9.17) is 18.0 Å². The highest BCUT2D eigenvalue weighted by Gasteiger charge is 2.22. The van der Waals surface area contributed by atoms with Crippen LogP contribution in [0.25, 0.3) is 10.9 Å². The summed E-state index contributed by atoms with van der Waals surface area (Å²) in [5.41, 5.74) is 10.8. The molecule has 3 aromatic rings. The minimum absolute atomic E-state index is 0.0503. The smallest absolute Gasteiger partial charge is 0.221 e. The molecule has 1 aliphatic carbocycles. The van der Waals surface area contributed by atoms with E-state index in [-0.39, 0.29) is 11.0 Å². The van der Waals surface area contributed by atoms with Gasteiger partial charge in [0.05, 0.1) is 12.2 Å². The molecule has 6 nitrogen and oxygen atoms in total. The molecule has 0 radical (unpaired) electrons. The Morgan fingerprint density at radius 1 is 1.21 bits per heavy atom. The van der Waals surface area contributed by atoms with Gasteiger partial charge in [-0.3, -0.25) is 9.47 Å². The zero-order valence-corrected chi connectivity index (χ0v) is 17.3. The maximum absolute atomic E-state index is 11.0. The van der Waals surface area contributed by atoms with Crippen molar-refractivity contribution in [2.45, 2.75) is 39.4 Å². The normalized spacial score (nSPS) is 13.6. The predicted molar refractivity (Wildman–Crippen MR) is 119 cm³/mol. The molecule has 3 N–H and O–H groups in total. The van der Waals surface area contributed by atoms with Crippen LogP contribution in [0.3, 0.4) is 0 Å². The van der Waals surface area contributed by atoms with Gasteiger partial charge in [-0.25, -0.2) is 0 Å². The van der Waals surface area contributed by atoms with Gasteiger partial charge in [0.2, 0.25) is 11.0 Å². The largest absolute Gasteiger partial charge is 0.493 e. The Morgan fingerprint density at radius 3 is 2.62 bits per heavy atom. The molecule has 0 fully saturated rings. The number of nitrogens with zero attached hydrogens (tertiary/aromatic N) is 4. The van der Waals surface area contributed by atoms with E-state index >= 15 is 0 Å². The van der Waals surface area contributed by atoms with E-state index in [2.05, 4.69) is 46.3 Å². The second-order valence-corrected chi connectivity index (χ2v) is 7.82. The van der Waals surface area contributed by atoms with Crippen molar-refractivity contribution in [2.75, 3.05) is 6.54 Å². The Morgan fingerprint density at radius 2 is 1.93 bits per heavy atom. The van der Waals surface area contributed by atoms with E-state index in [1.54, 1.807) is 0 Å². The summed E-state index contributed by atoms with van der Waals surface area (Å²) in [6, 6.07) is 14.7. The fraction of sp³-hybridized carbons (Fsp3) is 0.318. The van der Waals surface area contributed by atoms with Crippen LogP contribution >= 0.6 is 12.2 Å². The summed E-state index contributed by atoms with van der Waals surface area (Å²) in [6.07, 6.45) is 3.29. The number of thiocarbonyl (C=S) groups is 1. The maximum Gasteiger partial charge on any atom is 0.221 e. The van der Waals surface area contributed by atoms with Crippen LogP contribution < -0.4 is 5.73 Å². The van der Waals surface area contributed by atoms with E-state index in [9.17, 15) is 5.11 Å².